The Morgan fingerprint density at radius 3 is 2.81 bits per heavy atom. The van der Waals surface area contributed by atoms with E-state index in [1.807, 2.05) is 13.1 Å². The molecule has 1 aromatic carbocycles. The fourth-order valence-electron chi connectivity index (χ4n) is 3.56. The molecule has 1 aliphatic heterocycles. The summed E-state index contributed by atoms with van der Waals surface area (Å²) in [5, 5.41) is 4.33. The number of piperidine rings is 1. The third-order valence-electron chi connectivity index (χ3n) is 5.08. The Morgan fingerprint density at radius 2 is 2.15 bits per heavy atom. The molecule has 5 nitrogen and oxygen atoms in total. The molecule has 1 amide bonds. The molecular weight excluding hydrogens is 363 g/mol. The van der Waals surface area contributed by atoms with Crippen molar-refractivity contribution in [1.29, 1.82) is 0 Å². The number of aromatic nitrogens is 1. The summed E-state index contributed by atoms with van der Waals surface area (Å²) in [6, 6.07) is 8.73. The van der Waals surface area contributed by atoms with Crippen molar-refractivity contribution in [1.82, 2.24) is 10.3 Å². The maximum Gasteiger partial charge on any atom is 0.251 e. The molecule has 2 aromatic heterocycles. The number of amides is 1. The van der Waals surface area contributed by atoms with E-state index in [0.717, 1.165) is 52.3 Å². The molecule has 0 unspecified atom stereocenters. The van der Waals surface area contributed by atoms with Crippen molar-refractivity contribution in [2.75, 3.05) is 25.0 Å². The summed E-state index contributed by atoms with van der Waals surface area (Å²) in [6.45, 7) is 1.95. The van der Waals surface area contributed by atoms with Gasteiger partial charge in [-0.15, -0.1) is 11.3 Å². The van der Waals surface area contributed by atoms with E-state index in [-0.39, 0.29) is 5.82 Å². The van der Waals surface area contributed by atoms with Gasteiger partial charge < -0.3 is 16.0 Å². The van der Waals surface area contributed by atoms with E-state index in [1.54, 1.807) is 18.3 Å². The van der Waals surface area contributed by atoms with Gasteiger partial charge in [-0.2, -0.15) is 0 Å². The number of carbonyl (C=O) groups is 1. The average molecular weight is 384 g/mol. The van der Waals surface area contributed by atoms with Crippen LogP contribution in [0.3, 0.4) is 0 Å². The average Bonchev–Trinajstić information content (AvgIpc) is 3.13. The molecule has 1 atom stereocenters. The van der Waals surface area contributed by atoms with Crippen LogP contribution in [0.25, 0.3) is 20.5 Å². The van der Waals surface area contributed by atoms with Gasteiger partial charge >= 0.3 is 0 Å². The van der Waals surface area contributed by atoms with E-state index >= 15 is 0 Å². The van der Waals surface area contributed by atoms with Crippen molar-refractivity contribution < 1.29 is 9.18 Å². The molecule has 1 aliphatic rings. The number of halogens is 1. The van der Waals surface area contributed by atoms with Gasteiger partial charge in [0.25, 0.3) is 5.91 Å². The number of likely N-dealkylation sites (N-methyl/N-ethyl adjacent to an activating group) is 1. The van der Waals surface area contributed by atoms with Gasteiger partial charge in [0.05, 0.1) is 10.3 Å². The molecule has 1 saturated heterocycles. The zero-order valence-electron chi connectivity index (χ0n) is 15.0. The van der Waals surface area contributed by atoms with Crippen LogP contribution in [0.2, 0.25) is 0 Å². The molecule has 4 rings (SSSR count). The summed E-state index contributed by atoms with van der Waals surface area (Å²) in [6.07, 6.45) is 3.79. The molecule has 3 heterocycles. The van der Waals surface area contributed by atoms with Crippen molar-refractivity contribution in [2.45, 2.75) is 18.9 Å². The Morgan fingerprint density at radius 1 is 1.37 bits per heavy atom. The lowest BCUT2D eigenvalue weighted by Gasteiger charge is -2.33. The maximum absolute atomic E-state index is 13.3. The second-order valence-electron chi connectivity index (χ2n) is 6.83. The molecule has 140 valence electrons. The number of hydrogen-bond donors (Lipinski definition) is 2. The third kappa shape index (κ3) is 3.40. The highest BCUT2D eigenvalue weighted by atomic mass is 32.1. The van der Waals surface area contributed by atoms with Gasteiger partial charge in [0.1, 0.15) is 11.6 Å². The molecule has 0 spiro atoms. The Hall–Kier alpha value is -2.51. The number of anilines is 1. The Balaban J connectivity index is 1.83. The first-order chi connectivity index (χ1) is 13.0. The number of thiophene rings is 1. The van der Waals surface area contributed by atoms with Crippen molar-refractivity contribution >= 4 is 33.1 Å². The van der Waals surface area contributed by atoms with Crippen LogP contribution in [0.5, 0.6) is 0 Å². The quantitative estimate of drug-likeness (QED) is 0.723. The van der Waals surface area contributed by atoms with Gasteiger partial charge in [-0.3, -0.25) is 4.79 Å². The molecule has 1 fully saturated rings. The Kier molecular flexibility index (Phi) is 4.80. The van der Waals surface area contributed by atoms with E-state index in [2.05, 4.69) is 15.2 Å². The van der Waals surface area contributed by atoms with Crippen LogP contribution in [0.15, 0.2) is 36.5 Å². The predicted octanol–water partition coefficient (Wildman–Crippen LogP) is 3.39. The molecular formula is C20H21FN4OS. The van der Waals surface area contributed by atoms with Gasteiger partial charge in [-0.05, 0) is 43.1 Å². The topological polar surface area (TPSA) is 71.2 Å². The zero-order chi connectivity index (χ0) is 19.0. The highest BCUT2D eigenvalue weighted by Crippen LogP contribution is 2.39. The van der Waals surface area contributed by atoms with E-state index in [9.17, 15) is 9.18 Å². The van der Waals surface area contributed by atoms with Crippen LogP contribution < -0.4 is 16.0 Å². The molecule has 3 aromatic rings. The first kappa shape index (κ1) is 17.9. The second kappa shape index (κ2) is 7.25. The zero-order valence-corrected chi connectivity index (χ0v) is 15.9. The number of nitrogens with zero attached hydrogens (tertiary/aromatic N) is 2. The van der Waals surface area contributed by atoms with Crippen LogP contribution in [-0.4, -0.2) is 37.1 Å². The standard InChI is InChI=1S/C20H21FN4OS/c1-25(14-3-2-8-23-10-14)20-15-9-17(12-4-6-13(21)7-5-12)27-18(15)16(11-24-20)19(22)26/h4-7,9,11,14,23H,2-3,8,10H2,1H3,(H2,22,26)/t14-/m0/s1. The predicted molar refractivity (Wildman–Crippen MR) is 108 cm³/mol. The van der Waals surface area contributed by atoms with Crippen molar-refractivity contribution in [2.24, 2.45) is 5.73 Å². The van der Waals surface area contributed by atoms with Gasteiger partial charge in [0.15, 0.2) is 0 Å². The lowest BCUT2D eigenvalue weighted by molar-refractivity contribution is 0.100. The normalized spacial score (nSPS) is 17.2. The largest absolute Gasteiger partial charge is 0.366 e. The third-order valence-corrected chi connectivity index (χ3v) is 6.30. The van der Waals surface area contributed by atoms with Crippen LogP contribution in [0, 0.1) is 5.82 Å². The first-order valence-electron chi connectivity index (χ1n) is 8.96. The van der Waals surface area contributed by atoms with E-state index in [1.165, 1.54) is 23.5 Å². The molecule has 0 bridgehead atoms. The summed E-state index contributed by atoms with van der Waals surface area (Å²) in [5.74, 6) is 0.0754. The Labute approximate surface area is 161 Å². The van der Waals surface area contributed by atoms with E-state index in [0.29, 0.717) is 11.6 Å². The Bertz CT molecular complexity index is 980. The summed E-state index contributed by atoms with van der Waals surface area (Å²) in [7, 11) is 2.04. The minimum absolute atomic E-state index is 0.274. The number of fused-ring (bicyclic) bond motifs is 1. The molecule has 0 saturated carbocycles. The summed E-state index contributed by atoms with van der Waals surface area (Å²) in [4.78, 5) is 19.6. The summed E-state index contributed by atoms with van der Waals surface area (Å²) in [5.41, 5.74) is 6.89. The highest BCUT2D eigenvalue weighted by Gasteiger charge is 2.23. The lowest BCUT2D eigenvalue weighted by Crippen LogP contribution is -2.44. The minimum atomic E-state index is -0.492. The summed E-state index contributed by atoms with van der Waals surface area (Å²) < 4.78 is 14.1. The van der Waals surface area contributed by atoms with Crippen molar-refractivity contribution in [3.05, 3.63) is 47.9 Å². The van der Waals surface area contributed by atoms with Gasteiger partial charge in [-0.1, -0.05) is 12.1 Å². The number of nitrogens with one attached hydrogen (secondary N) is 1. The monoisotopic (exact) mass is 384 g/mol. The first-order valence-corrected chi connectivity index (χ1v) is 9.78. The smallest absolute Gasteiger partial charge is 0.251 e. The van der Waals surface area contributed by atoms with E-state index in [4.69, 9.17) is 5.73 Å². The van der Waals surface area contributed by atoms with Crippen LogP contribution >= 0.6 is 11.3 Å². The minimum Gasteiger partial charge on any atom is -0.366 e. The van der Waals surface area contributed by atoms with Crippen LogP contribution in [0.1, 0.15) is 23.2 Å². The number of rotatable bonds is 4. The number of primary amides is 1. The SMILES string of the molecule is CN(c1ncc(C(N)=O)c2sc(-c3ccc(F)cc3)cc12)[C@H]1CCCNC1. The summed E-state index contributed by atoms with van der Waals surface area (Å²) >= 11 is 1.48. The fraction of sp³-hybridized carbons (Fsp3) is 0.300. The molecule has 7 heteroatoms. The number of pyridine rings is 1. The van der Waals surface area contributed by atoms with Crippen LogP contribution in [0.4, 0.5) is 10.2 Å². The lowest BCUT2D eigenvalue weighted by atomic mass is 10.1. The number of hydrogen-bond acceptors (Lipinski definition) is 5. The number of nitrogens with two attached hydrogens (primary N) is 1. The van der Waals surface area contributed by atoms with Crippen molar-refractivity contribution in [3.8, 4) is 10.4 Å². The molecule has 3 N–H and O–H groups in total. The van der Waals surface area contributed by atoms with Gasteiger partial charge in [0, 0.05) is 36.1 Å². The highest BCUT2D eigenvalue weighted by molar-refractivity contribution is 7.22. The molecule has 0 radical (unpaired) electrons. The maximum atomic E-state index is 13.3. The fourth-order valence-corrected chi connectivity index (χ4v) is 4.74. The molecule has 27 heavy (non-hydrogen) atoms. The number of benzene rings is 1. The van der Waals surface area contributed by atoms with Crippen molar-refractivity contribution in [3.63, 3.8) is 0 Å². The van der Waals surface area contributed by atoms with Crippen LogP contribution in [-0.2, 0) is 0 Å². The van der Waals surface area contributed by atoms with Gasteiger partial charge in [0.2, 0.25) is 0 Å². The second-order valence-corrected chi connectivity index (χ2v) is 7.88. The van der Waals surface area contributed by atoms with Gasteiger partial charge in [-0.25, -0.2) is 9.37 Å². The van der Waals surface area contributed by atoms with E-state index < -0.39 is 5.91 Å². The number of carbonyl (C=O) groups excluding carboxylic acids is 1. The molecule has 0 aliphatic carbocycles.